The molecule has 0 bridgehead atoms. The lowest BCUT2D eigenvalue weighted by molar-refractivity contribution is 0.332. The second kappa shape index (κ2) is 14.3. The number of furan rings is 1. The SMILES string of the molecule is Cc1cc(C(C)(C)C)ccc1N1c2cc3c(cc2B2c4cc5oc6cc7c(cc6c5cc4N(c4ccccc4C)c4cc(-c5ccccc5)cc1c42)C(C)(C)CCC7(C)C)C(C)(C)CCC3(C)C. The molecular formula is C64H67BN2O. The van der Waals surface area contributed by atoms with Crippen molar-refractivity contribution >= 4 is 79.2 Å². The molecule has 3 heterocycles. The highest BCUT2D eigenvalue weighted by Gasteiger charge is 2.48. The summed E-state index contributed by atoms with van der Waals surface area (Å²) in [5, 5.41) is 2.40. The van der Waals surface area contributed by atoms with E-state index in [2.05, 4.69) is 221 Å². The summed E-state index contributed by atoms with van der Waals surface area (Å²) in [5.74, 6) is 0. The van der Waals surface area contributed by atoms with Crippen LogP contribution < -0.4 is 26.2 Å². The highest BCUT2D eigenvalue weighted by molar-refractivity contribution is 7.00. The van der Waals surface area contributed by atoms with Crippen LogP contribution in [-0.4, -0.2) is 6.71 Å². The van der Waals surface area contributed by atoms with Crippen molar-refractivity contribution < 1.29 is 4.42 Å². The molecule has 3 nitrogen and oxygen atoms in total. The van der Waals surface area contributed by atoms with Crippen LogP contribution in [0.2, 0.25) is 0 Å². The predicted octanol–water partition coefficient (Wildman–Crippen LogP) is 15.9. The van der Waals surface area contributed by atoms with Gasteiger partial charge in [-0.2, -0.15) is 0 Å². The zero-order chi connectivity index (χ0) is 47.6. The largest absolute Gasteiger partial charge is 0.456 e. The molecular weight excluding hydrogens is 824 g/mol. The minimum absolute atomic E-state index is 0.0285. The Bertz CT molecular complexity index is 3430. The first kappa shape index (κ1) is 43.3. The van der Waals surface area contributed by atoms with Gasteiger partial charge in [-0.3, -0.25) is 0 Å². The molecule has 0 N–H and O–H groups in total. The third kappa shape index (κ3) is 6.31. The highest BCUT2D eigenvalue weighted by atomic mass is 16.3. The van der Waals surface area contributed by atoms with Gasteiger partial charge in [0.1, 0.15) is 11.2 Å². The molecule has 342 valence electrons. The Morgan fingerprint density at radius 2 is 0.941 bits per heavy atom. The zero-order valence-electron chi connectivity index (χ0n) is 42.8. The summed E-state index contributed by atoms with van der Waals surface area (Å²) in [4.78, 5) is 5.27. The van der Waals surface area contributed by atoms with Gasteiger partial charge in [-0.05, 0) is 188 Å². The molecule has 0 saturated carbocycles. The van der Waals surface area contributed by atoms with Crippen LogP contribution in [0.25, 0.3) is 33.1 Å². The van der Waals surface area contributed by atoms with Gasteiger partial charge in [0.05, 0.1) is 0 Å². The van der Waals surface area contributed by atoms with Crippen LogP contribution in [0.4, 0.5) is 34.1 Å². The van der Waals surface area contributed by atoms with Gasteiger partial charge < -0.3 is 14.2 Å². The Kier molecular flexibility index (Phi) is 9.10. The lowest BCUT2D eigenvalue weighted by atomic mass is 9.33. The number of fused-ring (bicyclic) bond motifs is 9. The van der Waals surface area contributed by atoms with Crippen LogP contribution >= 0.6 is 0 Å². The molecule has 0 radical (unpaired) electrons. The first-order valence-electron chi connectivity index (χ1n) is 25.4. The molecule has 4 heteroatoms. The molecule has 0 fully saturated rings. The second-order valence-corrected chi connectivity index (χ2v) is 24.8. The van der Waals surface area contributed by atoms with Crippen molar-refractivity contribution in [3.63, 3.8) is 0 Å². The quantitative estimate of drug-likeness (QED) is 0.165. The van der Waals surface area contributed by atoms with Crippen LogP contribution in [0.15, 0.2) is 126 Å². The number of hydrogen-bond acceptors (Lipinski definition) is 3. The summed E-state index contributed by atoms with van der Waals surface area (Å²) in [6, 6.07) is 47.4. The summed E-state index contributed by atoms with van der Waals surface area (Å²) in [5.41, 5.74) is 25.8. The van der Waals surface area contributed by atoms with Gasteiger partial charge in [-0.1, -0.05) is 143 Å². The summed E-state index contributed by atoms with van der Waals surface area (Å²) in [6.07, 6.45) is 4.65. The standard InChI is InChI=1S/C64H67BN2O/c1-38-19-17-18-22-51(38)66-53-33-44-43-32-45-48(64(12,13)28-25-61(45,6)7)36-57(43)68-58(44)37-50(53)65-49-34-46-47(63(10,11)27-26-62(46,8)9)35-54(49)67(52-24-23-42(29-39(52)2)60(3,4)5)56-31-41(30-55(66)59(56)65)40-20-15-14-16-21-40/h14-24,29-37H,25-28H2,1-13H3. The Morgan fingerprint density at radius 3 is 1.54 bits per heavy atom. The van der Waals surface area contributed by atoms with E-state index in [9.17, 15) is 0 Å². The lowest BCUT2D eigenvalue weighted by Crippen LogP contribution is -2.62. The molecule has 68 heavy (non-hydrogen) atoms. The summed E-state index contributed by atoms with van der Waals surface area (Å²) in [6.45, 7) is 31.1. The minimum Gasteiger partial charge on any atom is -0.456 e. The Hall–Kier alpha value is -6.00. The second-order valence-electron chi connectivity index (χ2n) is 24.8. The van der Waals surface area contributed by atoms with E-state index in [1.54, 1.807) is 0 Å². The average Bonchev–Trinajstić information content (AvgIpc) is 3.65. The summed E-state index contributed by atoms with van der Waals surface area (Å²) < 4.78 is 7.17. The van der Waals surface area contributed by atoms with E-state index in [1.165, 1.54) is 124 Å². The van der Waals surface area contributed by atoms with E-state index in [1.807, 2.05) is 0 Å². The van der Waals surface area contributed by atoms with Gasteiger partial charge in [-0.15, -0.1) is 0 Å². The van der Waals surface area contributed by atoms with Gasteiger partial charge in [0, 0.05) is 44.9 Å². The molecule has 8 aromatic rings. The van der Waals surface area contributed by atoms with E-state index in [0.29, 0.717) is 0 Å². The smallest absolute Gasteiger partial charge is 0.252 e. The fourth-order valence-corrected chi connectivity index (χ4v) is 12.9. The lowest BCUT2D eigenvalue weighted by Gasteiger charge is -2.48. The molecule has 2 aliphatic heterocycles. The van der Waals surface area contributed by atoms with Gasteiger partial charge in [-0.25, -0.2) is 0 Å². The molecule has 4 aliphatic rings. The number of rotatable bonds is 3. The van der Waals surface area contributed by atoms with E-state index in [4.69, 9.17) is 4.42 Å². The Morgan fingerprint density at radius 1 is 0.441 bits per heavy atom. The number of hydrogen-bond donors (Lipinski definition) is 0. The number of benzene rings is 7. The maximum Gasteiger partial charge on any atom is 0.252 e. The van der Waals surface area contributed by atoms with E-state index < -0.39 is 0 Å². The van der Waals surface area contributed by atoms with Crippen LogP contribution in [-0.2, 0) is 27.1 Å². The first-order chi connectivity index (χ1) is 32.1. The average molecular weight is 891 g/mol. The Balaban J connectivity index is 1.24. The van der Waals surface area contributed by atoms with Gasteiger partial charge in [0.15, 0.2) is 0 Å². The maximum absolute atomic E-state index is 7.17. The topological polar surface area (TPSA) is 19.6 Å². The van der Waals surface area contributed by atoms with Crippen molar-refractivity contribution in [1.29, 1.82) is 0 Å². The molecule has 0 spiro atoms. The van der Waals surface area contributed by atoms with Crippen LogP contribution in [0, 0.1) is 13.8 Å². The van der Waals surface area contributed by atoms with E-state index >= 15 is 0 Å². The molecule has 0 unspecified atom stereocenters. The number of aryl methyl sites for hydroxylation is 2. The molecule has 7 aromatic carbocycles. The third-order valence-corrected chi connectivity index (χ3v) is 17.4. The molecule has 0 atom stereocenters. The van der Waals surface area contributed by atoms with Gasteiger partial charge in [0.25, 0.3) is 6.71 Å². The summed E-state index contributed by atoms with van der Waals surface area (Å²) in [7, 11) is 0. The normalized spacial score (nSPS) is 18.2. The van der Waals surface area contributed by atoms with Crippen molar-refractivity contribution in [2.45, 2.75) is 143 Å². The number of para-hydroxylation sites is 1. The van der Waals surface area contributed by atoms with E-state index in [-0.39, 0.29) is 33.8 Å². The molecule has 0 amide bonds. The van der Waals surface area contributed by atoms with Crippen LogP contribution in [0.5, 0.6) is 0 Å². The molecule has 1 aromatic heterocycles. The van der Waals surface area contributed by atoms with Crippen molar-refractivity contribution in [3.8, 4) is 11.1 Å². The van der Waals surface area contributed by atoms with E-state index in [0.717, 1.165) is 24.0 Å². The minimum atomic E-state index is -0.0460. The number of anilines is 6. The fraction of sp³-hybridized carbons (Fsp3) is 0.344. The van der Waals surface area contributed by atoms with Crippen LogP contribution in [0.3, 0.4) is 0 Å². The van der Waals surface area contributed by atoms with Gasteiger partial charge in [0.2, 0.25) is 0 Å². The highest BCUT2D eigenvalue weighted by Crippen LogP contribution is 2.53. The molecule has 2 aliphatic carbocycles. The van der Waals surface area contributed by atoms with Gasteiger partial charge >= 0.3 is 0 Å². The monoisotopic (exact) mass is 891 g/mol. The molecule has 12 rings (SSSR count). The molecule has 0 saturated heterocycles. The predicted molar refractivity (Wildman–Crippen MR) is 292 cm³/mol. The van der Waals surface area contributed by atoms with Crippen molar-refractivity contribution in [2.24, 2.45) is 0 Å². The number of nitrogens with zero attached hydrogens (tertiary/aromatic N) is 2. The fourth-order valence-electron chi connectivity index (χ4n) is 12.9. The summed E-state index contributed by atoms with van der Waals surface area (Å²) >= 11 is 0. The maximum atomic E-state index is 7.17. The Labute approximate surface area is 405 Å². The third-order valence-electron chi connectivity index (χ3n) is 17.4. The van der Waals surface area contributed by atoms with Crippen LogP contribution in [0.1, 0.15) is 141 Å². The zero-order valence-corrected chi connectivity index (χ0v) is 42.8. The first-order valence-corrected chi connectivity index (χ1v) is 25.4. The van der Waals surface area contributed by atoms with Crippen molar-refractivity contribution in [3.05, 3.63) is 160 Å². The van der Waals surface area contributed by atoms with Crippen molar-refractivity contribution in [2.75, 3.05) is 9.80 Å². The van der Waals surface area contributed by atoms with Crippen molar-refractivity contribution in [1.82, 2.24) is 0 Å².